The molecule has 0 radical (unpaired) electrons. The Morgan fingerprint density at radius 2 is 2.25 bits per heavy atom. The van der Waals surface area contributed by atoms with Crippen molar-refractivity contribution in [3.63, 3.8) is 0 Å². The van der Waals surface area contributed by atoms with E-state index >= 15 is 0 Å². The molecule has 1 aromatic carbocycles. The van der Waals surface area contributed by atoms with Gasteiger partial charge in [0, 0.05) is 49.3 Å². The van der Waals surface area contributed by atoms with Crippen LogP contribution in [0.4, 0.5) is 5.69 Å². The zero-order chi connectivity index (χ0) is 15.0. The molecule has 1 rings (SSSR count). The Bertz CT molecular complexity index is 502. The maximum atomic E-state index is 11.1. The maximum Gasteiger partial charge on any atom is 0.275 e. The number of hydrogen-bond acceptors (Lipinski definition) is 5. The van der Waals surface area contributed by atoms with Crippen LogP contribution in [0.5, 0.6) is 0 Å². The van der Waals surface area contributed by atoms with E-state index in [2.05, 4.69) is 22.0 Å². The highest BCUT2D eigenvalue weighted by Crippen LogP contribution is 2.24. The van der Waals surface area contributed by atoms with Gasteiger partial charge in [0.2, 0.25) is 0 Å². The molecule has 0 amide bonds. The molecule has 0 saturated heterocycles. The summed E-state index contributed by atoms with van der Waals surface area (Å²) in [5, 5.41) is 19.7. The van der Waals surface area contributed by atoms with E-state index in [0.29, 0.717) is 42.7 Å². The number of nitro benzene ring substituents is 1. The molecule has 0 fully saturated rings. The predicted molar refractivity (Wildman–Crippen MR) is 78.2 cm³/mol. The van der Waals surface area contributed by atoms with E-state index in [1.807, 2.05) is 4.90 Å². The zero-order valence-electron chi connectivity index (χ0n) is 11.2. The van der Waals surface area contributed by atoms with Gasteiger partial charge < -0.3 is 4.74 Å². The Balaban J connectivity index is 2.86. The zero-order valence-corrected chi connectivity index (χ0v) is 12.8. The first-order chi connectivity index (χ1) is 9.58. The summed E-state index contributed by atoms with van der Waals surface area (Å²) in [4.78, 5) is 12.7. The predicted octanol–water partition coefficient (Wildman–Crippen LogP) is 2.72. The minimum absolute atomic E-state index is 0.0822. The van der Waals surface area contributed by atoms with E-state index in [-0.39, 0.29) is 10.6 Å². The van der Waals surface area contributed by atoms with Crippen LogP contribution in [0.15, 0.2) is 22.7 Å². The molecule has 0 bridgehead atoms. The SMILES string of the molecule is COCCN(CCC#N)Cc1ccc(Br)cc1[N+](=O)[O-]. The molecule has 7 heteroatoms. The van der Waals surface area contributed by atoms with Crippen LogP contribution in [0, 0.1) is 21.4 Å². The molecule has 0 aliphatic carbocycles. The molecule has 0 aliphatic rings. The van der Waals surface area contributed by atoms with Crippen molar-refractivity contribution in [2.45, 2.75) is 13.0 Å². The number of hydrogen-bond donors (Lipinski definition) is 0. The third kappa shape index (κ3) is 5.25. The third-order valence-corrected chi connectivity index (χ3v) is 3.28. The minimum Gasteiger partial charge on any atom is -0.383 e. The lowest BCUT2D eigenvalue weighted by Gasteiger charge is -2.20. The van der Waals surface area contributed by atoms with Gasteiger partial charge in [-0.1, -0.05) is 15.9 Å². The quantitative estimate of drug-likeness (QED) is 0.536. The van der Waals surface area contributed by atoms with Crippen molar-refractivity contribution >= 4 is 21.6 Å². The van der Waals surface area contributed by atoms with Crippen LogP contribution in [0.25, 0.3) is 0 Å². The summed E-state index contributed by atoms with van der Waals surface area (Å²) in [5.74, 6) is 0. The summed E-state index contributed by atoms with van der Waals surface area (Å²) in [6.45, 7) is 2.14. The highest BCUT2D eigenvalue weighted by atomic mass is 79.9. The van der Waals surface area contributed by atoms with Gasteiger partial charge in [0.25, 0.3) is 5.69 Å². The molecule has 6 nitrogen and oxygen atoms in total. The summed E-state index contributed by atoms with van der Waals surface area (Å²) < 4.78 is 5.70. The minimum atomic E-state index is -0.390. The van der Waals surface area contributed by atoms with Gasteiger partial charge in [-0.05, 0) is 12.1 Å². The second kappa shape index (κ2) is 8.64. The van der Waals surface area contributed by atoms with Crippen LogP contribution < -0.4 is 0 Å². The van der Waals surface area contributed by atoms with Crippen LogP contribution in [0.1, 0.15) is 12.0 Å². The highest BCUT2D eigenvalue weighted by molar-refractivity contribution is 9.10. The van der Waals surface area contributed by atoms with Crippen molar-refractivity contribution in [1.29, 1.82) is 5.26 Å². The fourth-order valence-corrected chi connectivity index (χ4v) is 2.13. The molecule has 0 unspecified atom stereocenters. The van der Waals surface area contributed by atoms with Crippen molar-refractivity contribution in [3.05, 3.63) is 38.3 Å². The lowest BCUT2D eigenvalue weighted by atomic mass is 10.1. The maximum absolute atomic E-state index is 11.1. The van der Waals surface area contributed by atoms with Crippen LogP contribution in [0.2, 0.25) is 0 Å². The first-order valence-electron chi connectivity index (χ1n) is 6.09. The first kappa shape index (κ1) is 16.6. The average Bonchev–Trinajstić information content (AvgIpc) is 2.43. The fourth-order valence-electron chi connectivity index (χ4n) is 1.78. The van der Waals surface area contributed by atoms with Gasteiger partial charge in [0.1, 0.15) is 0 Å². The molecule has 0 atom stereocenters. The summed E-state index contributed by atoms with van der Waals surface area (Å²) in [6.07, 6.45) is 0.383. The fraction of sp³-hybridized carbons (Fsp3) is 0.462. The van der Waals surface area contributed by atoms with Crippen molar-refractivity contribution in [1.82, 2.24) is 4.90 Å². The van der Waals surface area contributed by atoms with Gasteiger partial charge in [-0.2, -0.15) is 5.26 Å². The first-order valence-corrected chi connectivity index (χ1v) is 6.89. The molecule has 0 saturated carbocycles. The van der Waals surface area contributed by atoms with E-state index in [4.69, 9.17) is 10.00 Å². The molecule has 20 heavy (non-hydrogen) atoms. The molecule has 0 N–H and O–H groups in total. The van der Waals surface area contributed by atoms with Gasteiger partial charge in [-0.15, -0.1) is 0 Å². The van der Waals surface area contributed by atoms with Crippen molar-refractivity contribution in [2.24, 2.45) is 0 Å². The second-order valence-corrected chi connectivity index (χ2v) is 5.12. The number of benzene rings is 1. The van der Waals surface area contributed by atoms with E-state index in [1.54, 1.807) is 19.2 Å². The van der Waals surface area contributed by atoms with Gasteiger partial charge in [-0.3, -0.25) is 15.0 Å². The molecular weight excluding hydrogens is 326 g/mol. The number of rotatable bonds is 8. The Hall–Kier alpha value is -1.49. The number of nitriles is 1. The second-order valence-electron chi connectivity index (χ2n) is 4.21. The number of halogens is 1. The van der Waals surface area contributed by atoms with Crippen LogP contribution in [0.3, 0.4) is 0 Å². The summed E-state index contributed by atoms with van der Waals surface area (Å²) in [7, 11) is 1.60. The van der Waals surface area contributed by atoms with Crippen LogP contribution in [-0.2, 0) is 11.3 Å². The smallest absolute Gasteiger partial charge is 0.275 e. The molecular formula is C13H16BrN3O3. The third-order valence-electron chi connectivity index (χ3n) is 2.79. The summed E-state index contributed by atoms with van der Waals surface area (Å²) in [6, 6.07) is 7.09. The number of nitrogens with zero attached hydrogens (tertiary/aromatic N) is 3. The van der Waals surface area contributed by atoms with Gasteiger partial charge >= 0.3 is 0 Å². The summed E-state index contributed by atoms with van der Waals surface area (Å²) in [5.41, 5.74) is 0.714. The number of methoxy groups -OCH3 is 1. The topological polar surface area (TPSA) is 79.4 Å². The lowest BCUT2D eigenvalue weighted by molar-refractivity contribution is -0.385. The Kier molecular flexibility index (Phi) is 7.15. The van der Waals surface area contributed by atoms with Gasteiger partial charge in [0.15, 0.2) is 0 Å². The normalized spacial score (nSPS) is 10.5. The molecule has 0 spiro atoms. The number of ether oxygens (including phenoxy) is 1. The largest absolute Gasteiger partial charge is 0.383 e. The Morgan fingerprint density at radius 3 is 2.85 bits per heavy atom. The van der Waals surface area contributed by atoms with Gasteiger partial charge in [-0.25, -0.2) is 0 Å². The molecule has 108 valence electrons. The van der Waals surface area contributed by atoms with E-state index in [0.717, 1.165) is 0 Å². The van der Waals surface area contributed by atoms with Crippen LogP contribution >= 0.6 is 15.9 Å². The Labute approximate surface area is 126 Å². The molecule has 0 heterocycles. The molecule has 0 aliphatic heterocycles. The molecule has 0 aromatic heterocycles. The monoisotopic (exact) mass is 341 g/mol. The van der Waals surface area contributed by atoms with Crippen molar-refractivity contribution < 1.29 is 9.66 Å². The van der Waals surface area contributed by atoms with Crippen molar-refractivity contribution in [2.75, 3.05) is 26.8 Å². The van der Waals surface area contributed by atoms with Crippen molar-refractivity contribution in [3.8, 4) is 6.07 Å². The van der Waals surface area contributed by atoms with Gasteiger partial charge in [0.05, 0.1) is 17.6 Å². The van der Waals surface area contributed by atoms with Crippen LogP contribution in [-0.4, -0.2) is 36.6 Å². The standard InChI is InChI=1S/C13H16BrN3O3/c1-20-8-7-16(6-2-5-15)10-11-3-4-12(14)9-13(11)17(18)19/h3-4,9H,2,6-8,10H2,1H3. The van der Waals surface area contributed by atoms with E-state index in [9.17, 15) is 10.1 Å². The summed E-state index contributed by atoms with van der Waals surface area (Å²) >= 11 is 3.23. The lowest BCUT2D eigenvalue weighted by Crippen LogP contribution is -2.28. The number of nitro groups is 1. The molecule has 1 aromatic rings. The highest BCUT2D eigenvalue weighted by Gasteiger charge is 2.16. The average molecular weight is 342 g/mol. The van der Waals surface area contributed by atoms with E-state index in [1.165, 1.54) is 6.07 Å². The Morgan fingerprint density at radius 1 is 1.50 bits per heavy atom. The van der Waals surface area contributed by atoms with E-state index < -0.39 is 0 Å².